The fourth-order valence-corrected chi connectivity index (χ4v) is 2.39. The van der Waals surface area contributed by atoms with Crippen molar-refractivity contribution in [2.24, 2.45) is 0 Å². The average Bonchev–Trinajstić information content (AvgIpc) is 2.67. The SMILES string of the molecule is C(=C\N(Cc1ccccn1)Cc1ccccn1)/NCc1ccccn1. The molecule has 0 radical (unpaired) electrons. The Morgan fingerprint density at radius 3 is 1.72 bits per heavy atom. The summed E-state index contributed by atoms with van der Waals surface area (Å²) < 4.78 is 0. The van der Waals surface area contributed by atoms with Crippen LogP contribution in [0, 0.1) is 0 Å². The molecule has 25 heavy (non-hydrogen) atoms. The van der Waals surface area contributed by atoms with Gasteiger partial charge >= 0.3 is 0 Å². The van der Waals surface area contributed by atoms with Gasteiger partial charge in [0.25, 0.3) is 0 Å². The summed E-state index contributed by atoms with van der Waals surface area (Å²) >= 11 is 0. The van der Waals surface area contributed by atoms with E-state index in [1.165, 1.54) is 0 Å². The standard InChI is InChI=1S/C20H21N5/c1-4-10-22-18(7-1)15-21-13-14-25(16-19-8-2-5-11-23-19)17-20-9-3-6-12-24-20/h1-14,21H,15-17H2/b14-13+. The fraction of sp³-hybridized carbons (Fsp3) is 0.150. The first-order valence-electron chi connectivity index (χ1n) is 8.24. The maximum absolute atomic E-state index is 4.41. The quantitative estimate of drug-likeness (QED) is 0.687. The molecule has 3 aromatic rings. The highest BCUT2D eigenvalue weighted by Gasteiger charge is 2.04. The summed E-state index contributed by atoms with van der Waals surface area (Å²) in [5, 5.41) is 3.28. The molecule has 0 aromatic carbocycles. The van der Waals surface area contributed by atoms with Gasteiger partial charge in [0.15, 0.2) is 0 Å². The van der Waals surface area contributed by atoms with E-state index < -0.39 is 0 Å². The Kier molecular flexibility index (Phi) is 6.11. The van der Waals surface area contributed by atoms with Crippen molar-refractivity contribution in [1.82, 2.24) is 25.2 Å². The highest BCUT2D eigenvalue weighted by Crippen LogP contribution is 2.07. The first-order chi connectivity index (χ1) is 12.4. The van der Waals surface area contributed by atoms with Crippen LogP contribution in [0.1, 0.15) is 17.1 Å². The van der Waals surface area contributed by atoms with Crippen molar-refractivity contribution >= 4 is 0 Å². The predicted octanol–water partition coefficient (Wildman–Crippen LogP) is 3.13. The predicted molar refractivity (Wildman–Crippen MR) is 97.9 cm³/mol. The van der Waals surface area contributed by atoms with E-state index >= 15 is 0 Å². The molecule has 0 amide bonds. The van der Waals surface area contributed by atoms with Gasteiger partial charge in [0.05, 0.1) is 36.7 Å². The van der Waals surface area contributed by atoms with Gasteiger partial charge in [-0.15, -0.1) is 0 Å². The molecule has 0 bridgehead atoms. The van der Waals surface area contributed by atoms with Crippen molar-refractivity contribution in [3.05, 3.63) is 103 Å². The topological polar surface area (TPSA) is 53.9 Å². The van der Waals surface area contributed by atoms with Crippen LogP contribution >= 0.6 is 0 Å². The molecule has 3 rings (SSSR count). The van der Waals surface area contributed by atoms with E-state index in [1.807, 2.05) is 79.4 Å². The minimum Gasteiger partial charge on any atom is -0.384 e. The van der Waals surface area contributed by atoms with Crippen molar-refractivity contribution in [2.75, 3.05) is 0 Å². The van der Waals surface area contributed by atoms with Crippen molar-refractivity contribution in [1.29, 1.82) is 0 Å². The lowest BCUT2D eigenvalue weighted by atomic mass is 10.3. The number of hydrogen-bond acceptors (Lipinski definition) is 5. The maximum Gasteiger partial charge on any atom is 0.0601 e. The lowest BCUT2D eigenvalue weighted by Crippen LogP contribution is -2.19. The number of aromatic nitrogens is 3. The second kappa shape index (κ2) is 9.17. The Bertz CT molecular complexity index is 718. The second-order valence-corrected chi connectivity index (χ2v) is 5.56. The molecule has 0 aliphatic carbocycles. The molecule has 126 valence electrons. The summed E-state index contributed by atoms with van der Waals surface area (Å²) in [6.07, 6.45) is 9.41. The second-order valence-electron chi connectivity index (χ2n) is 5.56. The van der Waals surface area contributed by atoms with Crippen LogP contribution in [0.25, 0.3) is 0 Å². The summed E-state index contributed by atoms with van der Waals surface area (Å²) in [4.78, 5) is 15.3. The van der Waals surface area contributed by atoms with Gasteiger partial charge in [0, 0.05) is 31.0 Å². The fourth-order valence-electron chi connectivity index (χ4n) is 2.39. The molecule has 0 aliphatic heterocycles. The minimum absolute atomic E-state index is 0.693. The zero-order valence-corrected chi connectivity index (χ0v) is 14.0. The number of pyridine rings is 3. The summed E-state index contributed by atoms with van der Waals surface area (Å²) in [6.45, 7) is 2.14. The van der Waals surface area contributed by atoms with Crippen LogP contribution in [0.3, 0.4) is 0 Å². The summed E-state index contributed by atoms with van der Waals surface area (Å²) in [7, 11) is 0. The van der Waals surface area contributed by atoms with Gasteiger partial charge in [-0.05, 0) is 36.4 Å². The largest absolute Gasteiger partial charge is 0.384 e. The van der Waals surface area contributed by atoms with Crippen LogP contribution in [0.4, 0.5) is 0 Å². The van der Waals surface area contributed by atoms with Crippen molar-refractivity contribution < 1.29 is 0 Å². The molecule has 0 aliphatic rings. The summed E-state index contributed by atoms with van der Waals surface area (Å²) in [6, 6.07) is 17.8. The van der Waals surface area contributed by atoms with Gasteiger partial charge in [-0.2, -0.15) is 0 Å². The van der Waals surface area contributed by atoms with E-state index in [4.69, 9.17) is 0 Å². The Labute approximate surface area is 148 Å². The van der Waals surface area contributed by atoms with Crippen LogP contribution in [-0.4, -0.2) is 19.9 Å². The van der Waals surface area contributed by atoms with Gasteiger partial charge in [-0.3, -0.25) is 15.0 Å². The number of rotatable bonds is 8. The Morgan fingerprint density at radius 2 is 1.24 bits per heavy atom. The van der Waals surface area contributed by atoms with Gasteiger partial charge < -0.3 is 10.2 Å². The van der Waals surface area contributed by atoms with Gasteiger partial charge in [0.2, 0.25) is 0 Å². The molecule has 0 atom stereocenters. The molecule has 3 heterocycles. The van der Waals surface area contributed by atoms with E-state index in [-0.39, 0.29) is 0 Å². The van der Waals surface area contributed by atoms with E-state index in [1.54, 1.807) is 6.20 Å². The highest BCUT2D eigenvalue weighted by atomic mass is 15.1. The van der Waals surface area contributed by atoms with Crippen LogP contribution in [0.15, 0.2) is 85.6 Å². The monoisotopic (exact) mass is 331 g/mol. The van der Waals surface area contributed by atoms with Gasteiger partial charge in [-0.25, -0.2) is 0 Å². The van der Waals surface area contributed by atoms with E-state index in [0.717, 1.165) is 30.2 Å². The van der Waals surface area contributed by atoms with Crippen molar-refractivity contribution in [3.8, 4) is 0 Å². The molecular weight excluding hydrogens is 310 g/mol. The third-order valence-corrected chi connectivity index (χ3v) is 3.60. The highest BCUT2D eigenvalue weighted by molar-refractivity contribution is 5.08. The number of nitrogens with one attached hydrogen (secondary N) is 1. The average molecular weight is 331 g/mol. The molecule has 5 nitrogen and oxygen atoms in total. The van der Waals surface area contributed by atoms with Crippen LogP contribution in [-0.2, 0) is 19.6 Å². The zero-order valence-electron chi connectivity index (χ0n) is 14.0. The van der Waals surface area contributed by atoms with E-state index in [2.05, 4.69) is 25.2 Å². The van der Waals surface area contributed by atoms with E-state index in [9.17, 15) is 0 Å². The van der Waals surface area contributed by atoms with Crippen molar-refractivity contribution in [3.63, 3.8) is 0 Å². The van der Waals surface area contributed by atoms with Crippen molar-refractivity contribution in [2.45, 2.75) is 19.6 Å². The Balaban J connectivity index is 1.62. The lowest BCUT2D eigenvalue weighted by molar-refractivity contribution is 0.351. The Morgan fingerprint density at radius 1 is 0.720 bits per heavy atom. The van der Waals surface area contributed by atoms with Gasteiger partial charge in [-0.1, -0.05) is 18.2 Å². The first kappa shape index (κ1) is 16.6. The molecule has 0 saturated carbocycles. The van der Waals surface area contributed by atoms with Crippen LogP contribution < -0.4 is 5.32 Å². The molecule has 0 spiro atoms. The molecule has 5 heteroatoms. The third kappa shape index (κ3) is 5.73. The molecular formula is C20H21N5. The molecule has 3 aromatic heterocycles. The molecule has 0 saturated heterocycles. The number of hydrogen-bond donors (Lipinski definition) is 1. The number of nitrogens with zero attached hydrogens (tertiary/aromatic N) is 4. The van der Waals surface area contributed by atoms with Crippen LogP contribution in [0.5, 0.6) is 0 Å². The van der Waals surface area contributed by atoms with E-state index in [0.29, 0.717) is 6.54 Å². The smallest absolute Gasteiger partial charge is 0.0601 e. The Hall–Kier alpha value is -3.21. The first-order valence-corrected chi connectivity index (χ1v) is 8.24. The van der Waals surface area contributed by atoms with Gasteiger partial charge in [0.1, 0.15) is 0 Å². The third-order valence-electron chi connectivity index (χ3n) is 3.60. The normalized spacial score (nSPS) is 10.7. The van der Waals surface area contributed by atoms with Crippen LogP contribution in [0.2, 0.25) is 0 Å². The molecule has 1 N–H and O–H groups in total. The zero-order chi connectivity index (χ0) is 17.2. The summed E-state index contributed by atoms with van der Waals surface area (Å²) in [5.41, 5.74) is 3.05. The minimum atomic E-state index is 0.693. The maximum atomic E-state index is 4.41. The molecule has 0 unspecified atom stereocenters. The molecule has 0 fully saturated rings. The summed E-state index contributed by atoms with van der Waals surface area (Å²) in [5.74, 6) is 0. The lowest BCUT2D eigenvalue weighted by Gasteiger charge is -2.19.